The highest BCUT2D eigenvalue weighted by molar-refractivity contribution is 7.90. The third-order valence-electron chi connectivity index (χ3n) is 4.87. The summed E-state index contributed by atoms with van der Waals surface area (Å²) in [4.78, 5) is 9.38. The van der Waals surface area contributed by atoms with E-state index in [9.17, 15) is 8.42 Å². The fraction of sp³-hybridized carbons (Fsp3) is 0.524. The lowest BCUT2D eigenvalue weighted by molar-refractivity contribution is 0.140. The van der Waals surface area contributed by atoms with E-state index in [1.165, 1.54) is 25.5 Å². The lowest BCUT2D eigenvalue weighted by Gasteiger charge is -2.11. The summed E-state index contributed by atoms with van der Waals surface area (Å²) in [5.74, 6) is 1.10. The van der Waals surface area contributed by atoms with Gasteiger partial charge in [-0.2, -0.15) is 0 Å². The number of rotatable bonds is 11. The van der Waals surface area contributed by atoms with E-state index in [1.54, 1.807) is 0 Å². The summed E-state index contributed by atoms with van der Waals surface area (Å²) < 4.78 is 30.4. The number of sulfone groups is 1. The van der Waals surface area contributed by atoms with Gasteiger partial charge in [-0.15, -0.1) is 0 Å². The molecule has 0 bridgehead atoms. The molecule has 0 spiro atoms. The Morgan fingerprint density at radius 3 is 2.62 bits per heavy atom. The Balaban J connectivity index is 0.00000300. The Bertz CT molecular complexity index is 1030. The summed E-state index contributed by atoms with van der Waals surface area (Å²) >= 11 is 0. The average Bonchev–Trinajstić information content (AvgIpc) is 3.02. The first-order valence-electron chi connectivity index (χ1n) is 9.98. The number of benzene rings is 1. The highest BCUT2D eigenvalue weighted by atomic mass is 32.2. The molecule has 2 heterocycles. The first kappa shape index (κ1) is 23.3. The summed E-state index contributed by atoms with van der Waals surface area (Å²) in [5, 5.41) is 1.09. The van der Waals surface area contributed by atoms with Crippen molar-refractivity contribution in [3.8, 4) is 0 Å². The van der Waals surface area contributed by atoms with Gasteiger partial charge in [-0.1, -0.05) is 44.4 Å². The van der Waals surface area contributed by atoms with E-state index in [1.807, 2.05) is 24.4 Å². The number of aromatic nitrogens is 3. The van der Waals surface area contributed by atoms with Gasteiger partial charge >= 0.3 is 0 Å². The molecule has 0 atom stereocenters. The molecule has 0 aliphatic carbocycles. The van der Waals surface area contributed by atoms with Gasteiger partial charge in [0.25, 0.3) is 0 Å². The van der Waals surface area contributed by atoms with E-state index in [2.05, 4.69) is 22.5 Å². The van der Waals surface area contributed by atoms with Gasteiger partial charge in [-0.25, -0.2) is 13.4 Å². The van der Waals surface area contributed by atoms with Crippen molar-refractivity contribution in [1.29, 1.82) is 0 Å². The Morgan fingerprint density at radius 2 is 1.86 bits per heavy atom. The highest BCUT2D eigenvalue weighted by Gasteiger charge is 2.14. The molecular weight excluding hydrogens is 388 g/mol. The van der Waals surface area contributed by atoms with Crippen LogP contribution in [0, 0.1) is 0 Å². The fourth-order valence-electron chi connectivity index (χ4n) is 3.42. The molecule has 160 valence electrons. The number of nitrogens with zero attached hydrogens (tertiary/aromatic N) is 3. The predicted octanol–water partition coefficient (Wildman–Crippen LogP) is 3.93. The van der Waals surface area contributed by atoms with E-state index >= 15 is 0 Å². The number of unbranched alkanes of at least 4 members (excludes halogenated alkanes) is 3. The maximum absolute atomic E-state index is 11.3. The van der Waals surface area contributed by atoms with Gasteiger partial charge in [0.1, 0.15) is 21.2 Å². The van der Waals surface area contributed by atoms with Crippen molar-refractivity contribution < 1.29 is 13.2 Å². The van der Waals surface area contributed by atoms with Crippen molar-refractivity contribution in [2.45, 2.75) is 45.6 Å². The van der Waals surface area contributed by atoms with Gasteiger partial charge in [-0.05, 0) is 12.5 Å². The van der Waals surface area contributed by atoms with Crippen molar-refractivity contribution in [3.05, 3.63) is 36.3 Å². The lowest BCUT2D eigenvalue weighted by atomic mass is 10.1. The third kappa shape index (κ3) is 6.22. The molecule has 0 aliphatic heterocycles. The lowest BCUT2D eigenvalue weighted by Crippen LogP contribution is -2.14. The molecule has 29 heavy (non-hydrogen) atoms. The molecule has 0 amide bonds. The van der Waals surface area contributed by atoms with Crippen molar-refractivity contribution >= 4 is 31.8 Å². The largest absolute Gasteiger partial charge is 0.379 e. The minimum atomic E-state index is -3.00. The highest BCUT2D eigenvalue weighted by Crippen LogP contribution is 2.25. The quantitative estimate of drug-likeness (QED) is 0.471. The SMILES string of the molecule is CCCCCCc1nc2cnc3ccccc3c2n1CCOCCS(C)(=O)=O.N. The van der Waals surface area contributed by atoms with Crippen LogP contribution in [0.15, 0.2) is 30.5 Å². The molecule has 0 saturated carbocycles. The van der Waals surface area contributed by atoms with Crippen molar-refractivity contribution in [2.75, 3.05) is 25.2 Å². The number of fused-ring (bicyclic) bond motifs is 3. The monoisotopic (exact) mass is 420 g/mol. The van der Waals surface area contributed by atoms with Gasteiger partial charge in [0.2, 0.25) is 0 Å². The van der Waals surface area contributed by atoms with Crippen LogP contribution in [0.1, 0.15) is 38.4 Å². The Morgan fingerprint density at radius 1 is 1.07 bits per heavy atom. The maximum Gasteiger partial charge on any atom is 0.149 e. The van der Waals surface area contributed by atoms with Crippen molar-refractivity contribution in [3.63, 3.8) is 0 Å². The van der Waals surface area contributed by atoms with Gasteiger partial charge in [0.05, 0.1) is 36.2 Å². The molecule has 0 fully saturated rings. The van der Waals surface area contributed by atoms with E-state index in [0.717, 1.165) is 40.6 Å². The van der Waals surface area contributed by atoms with E-state index in [0.29, 0.717) is 13.2 Å². The zero-order valence-electron chi connectivity index (χ0n) is 17.4. The van der Waals surface area contributed by atoms with Crippen LogP contribution in [0.25, 0.3) is 21.9 Å². The minimum Gasteiger partial charge on any atom is -0.379 e. The molecule has 3 N–H and O–H groups in total. The molecule has 3 aromatic rings. The maximum atomic E-state index is 11.3. The van der Waals surface area contributed by atoms with Gasteiger partial charge in [0.15, 0.2) is 0 Å². The molecule has 1 aromatic carbocycles. The number of hydrogen-bond acceptors (Lipinski definition) is 6. The van der Waals surface area contributed by atoms with E-state index in [4.69, 9.17) is 9.72 Å². The van der Waals surface area contributed by atoms with Crippen LogP contribution < -0.4 is 6.15 Å². The second-order valence-corrected chi connectivity index (χ2v) is 9.50. The smallest absolute Gasteiger partial charge is 0.149 e. The first-order chi connectivity index (χ1) is 13.5. The minimum absolute atomic E-state index is 0. The normalized spacial score (nSPS) is 11.8. The number of aryl methyl sites for hydroxylation is 1. The van der Waals surface area contributed by atoms with Gasteiger partial charge in [-0.3, -0.25) is 4.98 Å². The summed E-state index contributed by atoms with van der Waals surface area (Å²) in [6.45, 7) is 3.54. The molecule has 2 aromatic heterocycles. The predicted molar refractivity (Wildman–Crippen MR) is 118 cm³/mol. The molecule has 0 saturated heterocycles. The zero-order valence-corrected chi connectivity index (χ0v) is 18.2. The van der Waals surface area contributed by atoms with Crippen molar-refractivity contribution in [1.82, 2.24) is 20.7 Å². The second kappa shape index (κ2) is 10.7. The number of pyridine rings is 1. The van der Waals surface area contributed by atoms with Crippen molar-refractivity contribution in [2.24, 2.45) is 0 Å². The molecule has 0 unspecified atom stereocenters. The standard InChI is InChI=1S/C21H29N3O3S.H3N/c1-3-4-5-6-11-20-23-19-16-22-18-10-8-7-9-17(18)21(19)24(20)12-13-27-14-15-28(2,25)26;/h7-10,16H,3-6,11-15H2,1-2H3;1H3. The van der Waals surface area contributed by atoms with Crippen LogP contribution in [0.4, 0.5) is 0 Å². The summed E-state index contributed by atoms with van der Waals surface area (Å²) in [7, 11) is -3.00. The summed E-state index contributed by atoms with van der Waals surface area (Å²) in [6.07, 6.45) is 8.74. The molecule has 7 nitrogen and oxygen atoms in total. The van der Waals surface area contributed by atoms with Crippen LogP contribution in [0.3, 0.4) is 0 Å². The Hall–Kier alpha value is -2.03. The molecular formula is C21H32N4O3S. The van der Waals surface area contributed by atoms with E-state index < -0.39 is 9.84 Å². The molecule has 0 radical (unpaired) electrons. The average molecular weight is 421 g/mol. The molecule has 8 heteroatoms. The first-order valence-corrected chi connectivity index (χ1v) is 12.0. The molecule has 0 aliphatic rings. The topological polar surface area (TPSA) is 109 Å². The number of para-hydroxylation sites is 1. The zero-order chi connectivity index (χ0) is 20.0. The Labute approximate surface area is 173 Å². The van der Waals surface area contributed by atoms with Crippen LogP contribution in [0.2, 0.25) is 0 Å². The van der Waals surface area contributed by atoms with Crippen LogP contribution in [-0.4, -0.2) is 48.2 Å². The Kier molecular flexibility index (Phi) is 8.55. The number of imidazole rings is 1. The summed E-state index contributed by atoms with van der Waals surface area (Å²) in [5.41, 5.74) is 2.94. The van der Waals surface area contributed by atoms with Crippen LogP contribution >= 0.6 is 0 Å². The summed E-state index contributed by atoms with van der Waals surface area (Å²) in [6, 6.07) is 8.09. The molecule has 3 rings (SSSR count). The van der Waals surface area contributed by atoms with Crippen LogP contribution in [-0.2, 0) is 27.5 Å². The number of ether oxygens (including phenoxy) is 1. The van der Waals surface area contributed by atoms with Gasteiger partial charge in [0, 0.05) is 24.6 Å². The van der Waals surface area contributed by atoms with Gasteiger partial charge < -0.3 is 15.5 Å². The fourth-order valence-corrected chi connectivity index (χ4v) is 3.84. The third-order valence-corrected chi connectivity index (χ3v) is 5.78. The van der Waals surface area contributed by atoms with Crippen LogP contribution in [0.5, 0.6) is 0 Å². The number of hydrogen-bond donors (Lipinski definition) is 1. The van der Waals surface area contributed by atoms with E-state index in [-0.39, 0.29) is 18.5 Å². The second-order valence-electron chi connectivity index (χ2n) is 7.24.